The van der Waals surface area contributed by atoms with E-state index in [4.69, 9.17) is 9.47 Å². The molecule has 77 heavy (non-hydrogen) atoms. The lowest BCUT2D eigenvalue weighted by Gasteiger charge is -2.26. The molecule has 0 saturated carbocycles. The van der Waals surface area contributed by atoms with Gasteiger partial charge >= 0.3 is 48.0 Å². The number of likely N-dealkylation sites (tertiary alicyclic amines) is 1. The number of hydrogen-bond acceptors (Lipinski definition) is 22. The number of carbonyl (C=O) groups is 10. The maximum atomic E-state index is 11.8. The van der Waals surface area contributed by atoms with Crippen LogP contribution in [0, 0.1) is 0 Å². The first-order valence-electron chi connectivity index (χ1n) is 26.2. The third-order valence-corrected chi connectivity index (χ3v) is 11.4. The van der Waals surface area contributed by atoms with Crippen molar-refractivity contribution in [2.24, 2.45) is 4.99 Å². The van der Waals surface area contributed by atoms with E-state index in [0.717, 1.165) is 62.0 Å². The number of rotatable bonds is 10. The van der Waals surface area contributed by atoms with Crippen molar-refractivity contribution in [1.82, 2.24) is 26.2 Å². The van der Waals surface area contributed by atoms with Gasteiger partial charge in [-0.3, -0.25) is 24.2 Å². The lowest BCUT2D eigenvalue weighted by atomic mass is 10.1. The minimum atomic E-state index is -0.867. The van der Waals surface area contributed by atoms with Crippen molar-refractivity contribution in [2.45, 2.75) is 233 Å². The van der Waals surface area contributed by atoms with Crippen LogP contribution in [-0.2, 0) is 76.3 Å². The molecule has 5 heterocycles. The van der Waals surface area contributed by atoms with Gasteiger partial charge in [0.15, 0.2) is 0 Å². The van der Waals surface area contributed by atoms with E-state index in [1.54, 1.807) is 41.5 Å². The summed E-state index contributed by atoms with van der Waals surface area (Å²) in [6, 6.07) is -0.724. The minimum Gasteiger partial charge on any atom is -0.468 e. The Kier molecular flexibility index (Phi) is 36.1. The summed E-state index contributed by atoms with van der Waals surface area (Å²) in [5.41, 5.74) is -0.304. The molecule has 4 fully saturated rings. The van der Waals surface area contributed by atoms with Crippen LogP contribution in [0.2, 0.25) is 0 Å². The van der Waals surface area contributed by atoms with Gasteiger partial charge in [-0.05, 0) is 140 Å². The molecule has 0 aromatic carbocycles. The number of hydrogen-bond donors (Lipinski definition) is 4. The van der Waals surface area contributed by atoms with Crippen molar-refractivity contribution >= 4 is 65.4 Å². The van der Waals surface area contributed by atoms with E-state index in [0.29, 0.717) is 18.1 Å². The number of methoxy groups -OCH3 is 6. The van der Waals surface area contributed by atoms with Crippen LogP contribution in [0.25, 0.3) is 0 Å². The SMILES string of the molecule is CC.COC(=O)[C@@H]1CCC(=O)N1C(=O)OC(C)(C)C.COC(=O)[C@@H]1CCC(C)=N1.COC(=O)[C@@H]1CCC(C)N1.COC(=O)[C@@H]1CC[C@@H](C)N1.COC(=O)[C@@H]1CC[C@H](C)N1.COC(=O)[C@H](CCC(C)=O)NC(=O)OC(C)(C)C. The summed E-state index contributed by atoms with van der Waals surface area (Å²) in [6.45, 7) is 23.8. The molecular weight excluding hydrogens is 1010 g/mol. The van der Waals surface area contributed by atoms with Crippen molar-refractivity contribution < 1.29 is 85.8 Å². The zero-order valence-electron chi connectivity index (χ0n) is 49.4. The van der Waals surface area contributed by atoms with Crippen molar-refractivity contribution in [3.05, 3.63) is 0 Å². The average molecular weight is 1100 g/mol. The fourth-order valence-electron chi connectivity index (χ4n) is 7.58. The topological polar surface area (TPSA) is 308 Å². The standard InChI is InChI=1S/C12H21NO5.C11H17NO5.3C7H13NO2.C7H11NO2.C2H6/c1-8(14)6-7-9(10(15)17-5)13-11(16)18-12(2,3)4;1-11(2,3)17-10(15)12-7(9(14)16-4)5-6-8(12)13;4*1-5-3-4-6(8-5)7(9)10-2;1-2/h9H,6-7H2,1-5H3,(H,13,16);7H,5-6H2,1-4H3;3*5-6,8H,3-4H2,1-2H3;6H,3-4H2,1-2H3;1-2H3/t9-;7-;5?,6-;5-,6+;5-,6-;6-;/m000100./s1. The fourth-order valence-corrected chi connectivity index (χ4v) is 7.58. The van der Waals surface area contributed by atoms with E-state index in [-0.39, 0.29) is 79.5 Å². The van der Waals surface area contributed by atoms with E-state index in [9.17, 15) is 47.9 Å². The predicted molar refractivity (Wildman–Crippen MR) is 286 cm³/mol. The number of aliphatic imine (C=N–C) groups is 1. The summed E-state index contributed by atoms with van der Waals surface area (Å²) in [7, 11) is 8.11. The van der Waals surface area contributed by atoms with Crippen LogP contribution in [0.15, 0.2) is 4.99 Å². The summed E-state index contributed by atoms with van der Waals surface area (Å²) in [4.78, 5) is 117. The molecule has 0 aliphatic carbocycles. The van der Waals surface area contributed by atoms with Crippen molar-refractivity contribution in [3.63, 3.8) is 0 Å². The maximum absolute atomic E-state index is 11.8. The highest BCUT2D eigenvalue weighted by molar-refractivity contribution is 5.99. The van der Waals surface area contributed by atoms with Crippen molar-refractivity contribution in [2.75, 3.05) is 42.7 Å². The van der Waals surface area contributed by atoms with Gasteiger partial charge in [0.25, 0.3) is 0 Å². The first-order chi connectivity index (χ1) is 35.9. The number of nitrogens with one attached hydrogen (secondary N) is 4. The molecule has 5 aliphatic heterocycles. The van der Waals surface area contributed by atoms with Crippen LogP contribution in [0.4, 0.5) is 9.59 Å². The highest BCUT2D eigenvalue weighted by Gasteiger charge is 2.43. The smallest absolute Gasteiger partial charge is 0.417 e. The van der Waals surface area contributed by atoms with Crippen LogP contribution >= 0.6 is 0 Å². The minimum absolute atomic E-state index is 0.0556. The summed E-state index contributed by atoms with van der Waals surface area (Å²) in [6.07, 6.45) is 7.00. The molecule has 3 amide bonds. The van der Waals surface area contributed by atoms with Crippen LogP contribution in [0.5, 0.6) is 0 Å². The summed E-state index contributed by atoms with van der Waals surface area (Å²) in [5, 5.41) is 11.8. The summed E-state index contributed by atoms with van der Waals surface area (Å²) >= 11 is 0. The fraction of sp³-hybridized carbons (Fsp3) is 0.792. The Labute approximate surface area is 456 Å². The highest BCUT2D eigenvalue weighted by atomic mass is 16.6. The second kappa shape index (κ2) is 37.9. The molecule has 0 aromatic rings. The van der Waals surface area contributed by atoms with E-state index in [1.165, 1.54) is 49.6 Å². The molecule has 24 nitrogen and oxygen atoms in total. The Morgan fingerprint density at radius 3 is 1.29 bits per heavy atom. The maximum Gasteiger partial charge on any atom is 0.417 e. The molecule has 0 bridgehead atoms. The van der Waals surface area contributed by atoms with E-state index in [2.05, 4.69) is 75.5 Å². The third-order valence-electron chi connectivity index (χ3n) is 11.4. The Hall–Kier alpha value is -5.75. The number of ketones is 1. The second-order valence-corrected chi connectivity index (χ2v) is 20.4. The van der Waals surface area contributed by atoms with E-state index < -0.39 is 53.3 Å². The van der Waals surface area contributed by atoms with Crippen LogP contribution in [0.3, 0.4) is 0 Å². The number of nitrogens with zero attached hydrogens (tertiary/aromatic N) is 2. The van der Waals surface area contributed by atoms with Crippen molar-refractivity contribution in [3.8, 4) is 0 Å². The van der Waals surface area contributed by atoms with Gasteiger partial charge in [0, 0.05) is 36.7 Å². The van der Waals surface area contributed by atoms with Gasteiger partial charge in [0.1, 0.15) is 53.2 Å². The van der Waals surface area contributed by atoms with E-state index in [1.807, 2.05) is 20.8 Å². The van der Waals surface area contributed by atoms with Gasteiger partial charge in [0.2, 0.25) is 5.91 Å². The Bertz CT molecular complexity index is 1840. The van der Waals surface area contributed by atoms with Crippen LogP contribution in [0.1, 0.15) is 167 Å². The number of alkyl carbamates (subject to hydrolysis) is 1. The average Bonchev–Trinajstić information content (AvgIpc) is 4.25. The third kappa shape index (κ3) is 31.3. The van der Waals surface area contributed by atoms with Crippen LogP contribution in [-0.4, -0.2) is 179 Å². The quantitative estimate of drug-likeness (QED) is 0.161. The highest BCUT2D eigenvalue weighted by Crippen LogP contribution is 2.23. The molecule has 0 aromatic heterocycles. The molecule has 444 valence electrons. The summed E-state index contributed by atoms with van der Waals surface area (Å²) < 4.78 is 37.5. The molecule has 0 spiro atoms. The Morgan fingerprint density at radius 1 is 0.584 bits per heavy atom. The molecule has 1 unspecified atom stereocenters. The molecule has 0 radical (unpaired) electrons. The number of Topliss-reactive ketones (excluding diaryl/α,β-unsaturated/α-hetero) is 1. The monoisotopic (exact) mass is 1100 g/mol. The first-order valence-corrected chi connectivity index (χ1v) is 26.2. The molecule has 4 N–H and O–H groups in total. The number of amides is 3. The van der Waals surface area contributed by atoms with Gasteiger partial charge < -0.3 is 64.0 Å². The zero-order chi connectivity index (χ0) is 59.8. The normalized spacial score (nSPS) is 23.2. The van der Waals surface area contributed by atoms with E-state index >= 15 is 0 Å². The molecule has 5 rings (SSSR count). The van der Waals surface area contributed by atoms with Gasteiger partial charge in [0.05, 0.1) is 42.7 Å². The first kappa shape index (κ1) is 73.3. The Balaban J connectivity index is 0. The summed E-state index contributed by atoms with van der Waals surface area (Å²) in [5.74, 6) is -2.27. The predicted octanol–water partition coefficient (Wildman–Crippen LogP) is 5.22. The molecule has 24 heteroatoms. The largest absolute Gasteiger partial charge is 0.468 e. The molecule has 4 saturated heterocycles. The number of carbonyl (C=O) groups excluding carboxylic acids is 10. The molecular formula is C53H94N6O18. The van der Waals surface area contributed by atoms with Crippen LogP contribution < -0.4 is 21.3 Å². The lowest BCUT2D eigenvalue weighted by Crippen LogP contribution is -2.45. The van der Waals surface area contributed by atoms with Gasteiger partial charge in [-0.25, -0.2) is 28.9 Å². The zero-order valence-corrected chi connectivity index (χ0v) is 49.4. The van der Waals surface area contributed by atoms with Gasteiger partial charge in [-0.1, -0.05) is 13.8 Å². The second-order valence-electron chi connectivity index (χ2n) is 20.4. The Morgan fingerprint density at radius 2 is 0.987 bits per heavy atom. The number of ether oxygens (including phenoxy) is 8. The molecule has 5 aliphatic rings. The number of imide groups is 1. The number of esters is 6. The van der Waals surface area contributed by atoms with Crippen molar-refractivity contribution in [1.29, 1.82) is 0 Å². The molecule has 9 atom stereocenters. The van der Waals surface area contributed by atoms with Gasteiger partial charge in [-0.2, -0.15) is 0 Å². The van der Waals surface area contributed by atoms with Gasteiger partial charge in [-0.15, -0.1) is 0 Å². The lowest BCUT2D eigenvalue weighted by molar-refractivity contribution is -0.148.